The summed E-state index contributed by atoms with van der Waals surface area (Å²) < 4.78 is 0. The lowest BCUT2D eigenvalue weighted by atomic mass is 10.2. The molecule has 0 heterocycles. The van der Waals surface area contributed by atoms with E-state index in [1.54, 1.807) is 6.08 Å². The molecule has 0 fully saturated rings. The third-order valence-electron chi connectivity index (χ3n) is 1.34. The average molecular weight is 154 g/mol. The molecule has 1 aromatic carbocycles. The number of allylic oxidation sites excluding steroid dienone is 4. The van der Waals surface area contributed by atoms with E-state index in [0.29, 0.717) is 0 Å². The maximum Gasteiger partial charge on any atom is -0.0105 e. The fourth-order valence-electron chi connectivity index (χ4n) is 0.798. The molecule has 0 bridgehead atoms. The molecule has 1 aromatic rings. The largest absolute Gasteiger partial charge is 0.0623 e. The number of hydrogen-bond donors (Lipinski definition) is 0. The van der Waals surface area contributed by atoms with Gasteiger partial charge in [-0.3, -0.25) is 0 Å². The van der Waals surface area contributed by atoms with Crippen LogP contribution in [0.4, 0.5) is 0 Å². The van der Waals surface area contributed by atoms with Crippen molar-refractivity contribution in [3.8, 4) is 0 Å². The minimum atomic E-state index is 1.07. The molecular weight excluding hydrogens is 144 g/mol. The standard InChI is InChI=1S/C12H10/c1-2-3-4-6-9-12-10-7-5-8-11-12/h1-8,10-11H. The van der Waals surface area contributed by atoms with E-state index in [-0.39, 0.29) is 0 Å². The molecule has 0 aromatic heterocycles. The van der Waals surface area contributed by atoms with Gasteiger partial charge in [-0.2, -0.15) is 0 Å². The minimum absolute atomic E-state index is 1.07. The number of benzene rings is 1. The average Bonchev–Trinajstić information content (AvgIpc) is 2.14. The van der Waals surface area contributed by atoms with Gasteiger partial charge in [-0.05, 0) is 11.6 Å². The smallest absolute Gasteiger partial charge is 0.0105 e. The highest BCUT2D eigenvalue weighted by atomic mass is 13.8. The molecule has 0 saturated heterocycles. The highest BCUT2D eigenvalue weighted by Crippen LogP contribution is 1.97. The molecule has 0 nitrogen and oxygen atoms in total. The Bertz CT molecular complexity index is 278. The van der Waals surface area contributed by atoms with Crippen molar-refractivity contribution < 1.29 is 0 Å². The Morgan fingerprint density at radius 2 is 1.83 bits per heavy atom. The van der Waals surface area contributed by atoms with E-state index in [2.05, 4.69) is 6.08 Å². The van der Waals surface area contributed by atoms with Crippen LogP contribution in [0.3, 0.4) is 0 Å². The van der Waals surface area contributed by atoms with Crippen molar-refractivity contribution in [1.82, 2.24) is 0 Å². The summed E-state index contributed by atoms with van der Waals surface area (Å²) in [6, 6.07) is 9.94. The molecule has 58 valence electrons. The molecular formula is C12H10. The van der Waals surface area contributed by atoms with Crippen molar-refractivity contribution in [1.29, 1.82) is 0 Å². The van der Waals surface area contributed by atoms with Crippen LogP contribution in [-0.4, -0.2) is 0 Å². The first kappa shape index (κ1) is 8.54. The lowest BCUT2D eigenvalue weighted by Crippen LogP contribution is -1.68. The second-order valence-electron chi connectivity index (χ2n) is 2.25. The summed E-state index contributed by atoms with van der Waals surface area (Å²) in [6.07, 6.45) is 10.0. The fraction of sp³-hybridized carbons (Fsp3) is 0. The Kier molecular flexibility index (Phi) is 3.65. The van der Waals surface area contributed by atoms with E-state index < -0.39 is 0 Å². The van der Waals surface area contributed by atoms with Gasteiger partial charge in [-0.1, -0.05) is 61.2 Å². The Balaban J connectivity index is 2.58. The molecule has 0 aliphatic carbocycles. The monoisotopic (exact) mass is 154 g/mol. The van der Waals surface area contributed by atoms with Gasteiger partial charge >= 0.3 is 0 Å². The lowest BCUT2D eigenvalue weighted by molar-refractivity contribution is 1.57. The van der Waals surface area contributed by atoms with Crippen LogP contribution in [0.5, 0.6) is 0 Å². The van der Waals surface area contributed by atoms with Crippen molar-refractivity contribution in [2.45, 2.75) is 0 Å². The molecule has 0 aliphatic heterocycles. The molecule has 0 saturated carbocycles. The fourth-order valence-corrected chi connectivity index (χ4v) is 0.798. The molecule has 2 radical (unpaired) electrons. The first-order valence-corrected chi connectivity index (χ1v) is 3.78. The predicted octanol–water partition coefficient (Wildman–Crippen LogP) is 2.94. The van der Waals surface area contributed by atoms with Crippen LogP contribution >= 0.6 is 0 Å². The van der Waals surface area contributed by atoms with Gasteiger partial charge in [0.15, 0.2) is 0 Å². The molecule has 0 aliphatic rings. The van der Waals surface area contributed by atoms with E-state index >= 15 is 0 Å². The van der Waals surface area contributed by atoms with E-state index in [0.717, 1.165) is 5.56 Å². The predicted molar refractivity (Wildman–Crippen MR) is 51.4 cm³/mol. The maximum absolute atomic E-state index is 5.15. The van der Waals surface area contributed by atoms with Gasteiger partial charge < -0.3 is 0 Å². The van der Waals surface area contributed by atoms with Crippen molar-refractivity contribution in [2.24, 2.45) is 0 Å². The number of hydrogen-bond acceptors (Lipinski definition) is 0. The number of rotatable bonds is 3. The SMILES string of the molecule is [CH]=CC=CC=[C]c1ccccc1. The summed E-state index contributed by atoms with van der Waals surface area (Å²) in [4.78, 5) is 0. The zero-order valence-electron chi connectivity index (χ0n) is 6.77. The van der Waals surface area contributed by atoms with Gasteiger partial charge in [-0.25, -0.2) is 0 Å². The molecule has 12 heavy (non-hydrogen) atoms. The summed E-state index contributed by atoms with van der Waals surface area (Å²) in [5.41, 5.74) is 1.07. The summed E-state index contributed by atoms with van der Waals surface area (Å²) in [6.45, 7) is 5.15. The van der Waals surface area contributed by atoms with E-state index in [9.17, 15) is 0 Å². The molecule has 0 unspecified atom stereocenters. The van der Waals surface area contributed by atoms with Gasteiger partial charge in [0.1, 0.15) is 0 Å². The first-order chi connectivity index (χ1) is 5.93. The van der Waals surface area contributed by atoms with Crippen molar-refractivity contribution in [3.05, 3.63) is 72.9 Å². The Hall–Kier alpha value is -1.56. The Morgan fingerprint density at radius 1 is 1.08 bits per heavy atom. The van der Waals surface area contributed by atoms with Crippen LogP contribution in [0, 0.1) is 12.7 Å². The third-order valence-corrected chi connectivity index (χ3v) is 1.34. The highest BCUT2D eigenvalue weighted by molar-refractivity contribution is 5.23. The van der Waals surface area contributed by atoms with Gasteiger partial charge in [0, 0.05) is 0 Å². The van der Waals surface area contributed by atoms with Crippen LogP contribution < -0.4 is 0 Å². The van der Waals surface area contributed by atoms with Crippen LogP contribution in [0.2, 0.25) is 0 Å². The Labute approximate surface area is 73.6 Å². The highest BCUT2D eigenvalue weighted by Gasteiger charge is 1.79. The van der Waals surface area contributed by atoms with Crippen LogP contribution in [0.15, 0.2) is 54.6 Å². The quantitative estimate of drug-likeness (QED) is 0.587. The summed E-state index contributed by atoms with van der Waals surface area (Å²) in [5.74, 6) is 0. The topological polar surface area (TPSA) is 0 Å². The van der Waals surface area contributed by atoms with Gasteiger partial charge in [0.2, 0.25) is 0 Å². The molecule has 0 spiro atoms. The maximum atomic E-state index is 5.15. The van der Waals surface area contributed by atoms with Crippen molar-refractivity contribution >= 4 is 0 Å². The normalized spacial score (nSPS) is 11.0. The first-order valence-electron chi connectivity index (χ1n) is 3.78. The summed E-state index contributed by atoms with van der Waals surface area (Å²) in [7, 11) is 0. The van der Waals surface area contributed by atoms with Crippen LogP contribution in [0.25, 0.3) is 0 Å². The second kappa shape index (κ2) is 5.14. The zero-order chi connectivity index (χ0) is 8.65. The van der Waals surface area contributed by atoms with Crippen molar-refractivity contribution in [2.75, 3.05) is 0 Å². The van der Waals surface area contributed by atoms with E-state index in [4.69, 9.17) is 6.58 Å². The Morgan fingerprint density at radius 3 is 2.50 bits per heavy atom. The van der Waals surface area contributed by atoms with E-state index in [1.807, 2.05) is 42.5 Å². The summed E-state index contributed by atoms with van der Waals surface area (Å²) >= 11 is 0. The van der Waals surface area contributed by atoms with E-state index in [1.165, 1.54) is 6.08 Å². The molecule has 0 amide bonds. The molecule has 0 atom stereocenters. The van der Waals surface area contributed by atoms with Gasteiger partial charge in [-0.15, -0.1) is 0 Å². The van der Waals surface area contributed by atoms with Gasteiger partial charge in [0.25, 0.3) is 0 Å². The molecule has 0 N–H and O–H groups in total. The summed E-state index contributed by atoms with van der Waals surface area (Å²) in [5, 5.41) is 0. The zero-order valence-corrected chi connectivity index (χ0v) is 6.77. The second-order valence-corrected chi connectivity index (χ2v) is 2.25. The molecule has 0 heteroatoms. The molecule has 1 rings (SSSR count). The van der Waals surface area contributed by atoms with Crippen molar-refractivity contribution in [3.63, 3.8) is 0 Å². The van der Waals surface area contributed by atoms with Gasteiger partial charge in [0.05, 0.1) is 0 Å². The van der Waals surface area contributed by atoms with Crippen LogP contribution in [0.1, 0.15) is 5.56 Å². The lowest BCUT2D eigenvalue weighted by Gasteiger charge is -1.86. The minimum Gasteiger partial charge on any atom is -0.0623 e. The van der Waals surface area contributed by atoms with Crippen LogP contribution in [-0.2, 0) is 0 Å². The third kappa shape index (κ3) is 3.02.